The molecule has 260 valence electrons. The van der Waals surface area contributed by atoms with Crippen molar-refractivity contribution in [3.05, 3.63) is 71.8 Å². The molecule has 0 aromatic heterocycles. The molecule has 2 aromatic carbocycles. The molecule has 0 saturated carbocycles. The van der Waals surface area contributed by atoms with Crippen molar-refractivity contribution in [3.63, 3.8) is 0 Å². The van der Waals surface area contributed by atoms with Crippen LogP contribution < -0.4 is 22.1 Å². The summed E-state index contributed by atoms with van der Waals surface area (Å²) in [5, 5.41) is 5.80. The van der Waals surface area contributed by atoms with E-state index in [-0.39, 0.29) is 24.3 Å². The van der Waals surface area contributed by atoms with Crippen molar-refractivity contribution in [2.75, 3.05) is 39.3 Å². The number of amides is 4. The summed E-state index contributed by atoms with van der Waals surface area (Å²) < 4.78 is 0. The maximum absolute atomic E-state index is 14.1. The molecule has 7 unspecified atom stereocenters. The normalized spacial score (nSPS) is 24.3. The molecule has 3 heterocycles. The first-order valence-electron chi connectivity index (χ1n) is 17.7. The molecule has 5 rings (SSSR count). The zero-order chi connectivity index (χ0) is 34.2. The van der Waals surface area contributed by atoms with Gasteiger partial charge >= 0.3 is 0 Å². The third-order valence-corrected chi connectivity index (χ3v) is 10.3. The summed E-state index contributed by atoms with van der Waals surface area (Å²) in [4.78, 5) is 61.3. The monoisotopic (exact) mass is 659 g/mol. The van der Waals surface area contributed by atoms with Crippen molar-refractivity contribution in [1.82, 2.24) is 25.3 Å². The fourth-order valence-electron chi connectivity index (χ4n) is 7.71. The average molecular weight is 660 g/mol. The highest BCUT2D eigenvalue weighted by Gasteiger charge is 2.48. The van der Waals surface area contributed by atoms with E-state index in [1.54, 1.807) is 4.90 Å². The Hall–Kier alpha value is -3.80. The van der Waals surface area contributed by atoms with Crippen molar-refractivity contribution < 1.29 is 19.2 Å². The van der Waals surface area contributed by atoms with Gasteiger partial charge in [-0.1, -0.05) is 67.6 Å². The molecule has 11 heteroatoms. The smallest absolute Gasteiger partial charge is 0.246 e. The zero-order valence-electron chi connectivity index (χ0n) is 28.4. The SMILES string of the molecule is CCN1CC2CN(C(=O)C(CCCCN)N3C(=O)C(NC(=O)C(Cc4ccccc4)NC(=O)C(N)Cc4ccccc4)CC3C)CC2C1. The lowest BCUT2D eigenvalue weighted by Crippen LogP contribution is -2.56. The van der Waals surface area contributed by atoms with Crippen LogP contribution in [0.2, 0.25) is 0 Å². The van der Waals surface area contributed by atoms with Gasteiger partial charge in [0.1, 0.15) is 18.1 Å². The lowest BCUT2D eigenvalue weighted by atomic mass is 10.0. The minimum absolute atomic E-state index is 0.00160. The maximum Gasteiger partial charge on any atom is 0.246 e. The Balaban J connectivity index is 1.27. The van der Waals surface area contributed by atoms with Crippen molar-refractivity contribution in [1.29, 1.82) is 0 Å². The van der Waals surface area contributed by atoms with Crippen molar-refractivity contribution in [2.24, 2.45) is 23.3 Å². The third kappa shape index (κ3) is 8.61. The minimum atomic E-state index is -0.937. The minimum Gasteiger partial charge on any atom is -0.343 e. The Kier molecular flexibility index (Phi) is 12.2. The summed E-state index contributed by atoms with van der Waals surface area (Å²) in [5.74, 6) is -0.219. The van der Waals surface area contributed by atoms with Gasteiger partial charge in [-0.15, -0.1) is 0 Å². The molecule has 0 radical (unpaired) electrons. The second-order valence-electron chi connectivity index (χ2n) is 13.9. The fraction of sp³-hybridized carbons (Fsp3) is 0.568. The summed E-state index contributed by atoms with van der Waals surface area (Å²) in [7, 11) is 0. The standard InChI is InChI=1S/C37H53N7O4/c1-3-42-21-28-23-43(24-29(28)22-42)37(48)33(16-10-11-17-38)44-25(2)18-32(36(44)47)41-35(46)31(20-27-14-8-5-9-15-27)40-34(45)30(39)19-26-12-6-4-7-13-26/h4-9,12-15,25,28-33H,3,10-11,16-24,38-39H2,1-2H3,(H,40,45)(H,41,46). The van der Waals surface area contributed by atoms with Gasteiger partial charge in [-0.05, 0) is 75.1 Å². The lowest BCUT2D eigenvalue weighted by molar-refractivity contribution is -0.145. The molecule has 3 aliphatic heterocycles. The van der Waals surface area contributed by atoms with Crippen LogP contribution in [0.1, 0.15) is 50.7 Å². The van der Waals surface area contributed by atoms with E-state index >= 15 is 0 Å². The lowest BCUT2D eigenvalue weighted by Gasteiger charge is -2.34. The molecule has 3 saturated heterocycles. The second-order valence-corrected chi connectivity index (χ2v) is 13.9. The number of nitrogens with zero attached hydrogens (tertiary/aromatic N) is 3. The molecule has 3 aliphatic rings. The van der Waals surface area contributed by atoms with Gasteiger partial charge in [0, 0.05) is 38.6 Å². The van der Waals surface area contributed by atoms with Crippen LogP contribution in [-0.4, -0.2) is 108 Å². The molecule has 0 spiro atoms. The molecule has 3 fully saturated rings. The Morgan fingerprint density at radius 2 is 1.48 bits per heavy atom. The van der Waals surface area contributed by atoms with Gasteiger partial charge < -0.3 is 36.8 Å². The average Bonchev–Trinajstić information content (AvgIpc) is 3.75. The third-order valence-electron chi connectivity index (χ3n) is 10.3. The maximum atomic E-state index is 14.1. The molecule has 2 aromatic rings. The van der Waals surface area contributed by atoms with Gasteiger partial charge in [0.05, 0.1) is 6.04 Å². The van der Waals surface area contributed by atoms with Gasteiger partial charge in [-0.2, -0.15) is 0 Å². The van der Waals surface area contributed by atoms with E-state index in [0.29, 0.717) is 37.6 Å². The molecular weight excluding hydrogens is 606 g/mol. The molecule has 0 aliphatic carbocycles. The van der Waals surface area contributed by atoms with Crippen LogP contribution in [0.25, 0.3) is 0 Å². The molecular formula is C37H53N7O4. The highest BCUT2D eigenvalue weighted by atomic mass is 16.2. The van der Waals surface area contributed by atoms with Crippen LogP contribution in [0.3, 0.4) is 0 Å². The highest BCUT2D eigenvalue weighted by Crippen LogP contribution is 2.33. The van der Waals surface area contributed by atoms with E-state index in [4.69, 9.17) is 11.5 Å². The van der Waals surface area contributed by atoms with Crippen LogP contribution in [-0.2, 0) is 32.0 Å². The number of unbranched alkanes of at least 4 members (excludes halogenated alkanes) is 1. The quantitative estimate of drug-likeness (QED) is 0.210. The first-order valence-corrected chi connectivity index (χ1v) is 17.7. The van der Waals surface area contributed by atoms with Crippen LogP contribution in [0, 0.1) is 11.8 Å². The van der Waals surface area contributed by atoms with E-state index < -0.39 is 36.0 Å². The number of carbonyl (C=O) groups is 4. The van der Waals surface area contributed by atoms with Crippen LogP contribution in [0.15, 0.2) is 60.7 Å². The molecule has 4 amide bonds. The van der Waals surface area contributed by atoms with Gasteiger partial charge in [-0.3, -0.25) is 19.2 Å². The number of nitrogens with one attached hydrogen (secondary N) is 2. The Morgan fingerprint density at radius 1 is 0.875 bits per heavy atom. The number of rotatable bonds is 15. The largest absolute Gasteiger partial charge is 0.343 e. The molecule has 0 bridgehead atoms. The Labute approximate surface area is 284 Å². The predicted molar refractivity (Wildman–Crippen MR) is 185 cm³/mol. The van der Waals surface area contributed by atoms with E-state index in [9.17, 15) is 19.2 Å². The summed E-state index contributed by atoms with van der Waals surface area (Å²) >= 11 is 0. The first kappa shape index (κ1) is 35.5. The fourth-order valence-corrected chi connectivity index (χ4v) is 7.71. The van der Waals surface area contributed by atoms with E-state index in [0.717, 1.165) is 56.7 Å². The van der Waals surface area contributed by atoms with Crippen LogP contribution in [0.4, 0.5) is 0 Å². The van der Waals surface area contributed by atoms with E-state index in [2.05, 4.69) is 22.5 Å². The summed E-state index contributed by atoms with van der Waals surface area (Å²) in [5.41, 5.74) is 13.9. The van der Waals surface area contributed by atoms with Crippen LogP contribution >= 0.6 is 0 Å². The number of hydrogen-bond acceptors (Lipinski definition) is 7. The summed E-state index contributed by atoms with van der Waals surface area (Å²) in [6.07, 6.45) is 2.98. The number of nitrogens with two attached hydrogens (primary N) is 2. The molecule has 7 atom stereocenters. The van der Waals surface area contributed by atoms with Gasteiger partial charge in [0.15, 0.2) is 0 Å². The number of benzene rings is 2. The van der Waals surface area contributed by atoms with Crippen molar-refractivity contribution in [2.45, 2.75) is 82.6 Å². The predicted octanol–water partition coefficient (Wildman–Crippen LogP) is 1.30. The zero-order valence-corrected chi connectivity index (χ0v) is 28.4. The Bertz CT molecular complexity index is 1380. The highest BCUT2D eigenvalue weighted by molar-refractivity contribution is 5.96. The van der Waals surface area contributed by atoms with Crippen molar-refractivity contribution in [3.8, 4) is 0 Å². The number of fused-ring (bicyclic) bond motifs is 1. The summed E-state index contributed by atoms with van der Waals surface area (Å²) in [6, 6.07) is 15.5. The summed E-state index contributed by atoms with van der Waals surface area (Å²) in [6.45, 7) is 9.11. The topological polar surface area (TPSA) is 154 Å². The molecule has 11 nitrogen and oxygen atoms in total. The van der Waals surface area contributed by atoms with E-state index in [1.807, 2.05) is 72.5 Å². The first-order chi connectivity index (χ1) is 23.2. The number of carbonyl (C=O) groups excluding carboxylic acids is 4. The molecule has 48 heavy (non-hydrogen) atoms. The number of hydrogen-bond donors (Lipinski definition) is 4. The van der Waals surface area contributed by atoms with Crippen LogP contribution in [0.5, 0.6) is 0 Å². The second kappa shape index (κ2) is 16.5. The van der Waals surface area contributed by atoms with Gasteiger partial charge in [0.25, 0.3) is 0 Å². The number of likely N-dealkylation sites (tertiary alicyclic amines) is 3. The van der Waals surface area contributed by atoms with Gasteiger partial charge in [0.2, 0.25) is 23.6 Å². The molecule has 6 N–H and O–H groups in total. The van der Waals surface area contributed by atoms with E-state index in [1.165, 1.54) is 0 Å². The van der Waals surface area contributed by atoms with Gasteiger partial charge in [-0.25, -0.2) is 0 Å². The van der Waals surface area contributed by atoms with Crippen molar-refractivity contribution >= 4 is 23.6 Å². The Morgan fingerprint density at radius 3 is 2.06 bits per heavy atom.